The quantitative estimate of drug-likeness (QED) is 0.686. The molecule has 86 valence electrons. The lowest BCUT2D eigenvalue weighted by atomic mass is 10.2. The monoisotopic (exact) mass is 237 g/mol. The summed E-state index contributed by atoms with van der Waals surface area (Å²) in [5, 5.41) is 1.70. The zero-order valence-electron chi connectivity index (χ0n) is 10.0. The standard InChI is InChI=1S/C11H10ClNO.C2H6/c1-7(14)11-6-8-5-9(12)3-4-10(8)13(11)2;1-2/h3-6H,1-2H3;1-2H3. The van der Waals surface area contributed by atoms with Gasteiger partial charge in [-0.2, -0.15) is 0 Å². The van der Waals surface area contributed by atoms with Crippen LogP contribution in [0.2, 0.25) is 5.02 Å². The second kappa shape index (κ2) is 5.17. The van der Waals surface area contributed by atoms with Crippen LogP contribution in [0.1, 0.15) is 31.3 Å². The van der Waals surface area contributed by atoms with E-state index >= 15 is 0 Å². The number of carbonyl (C=O) groups excluding carboxylic acids is 1. The topological polar surface area (TPSA) is 22.0 Å². The minimum absolute atomic E-state index is 0.0693. The molecule has 0 aliphatic rings. The van der Waals surface area contributed by atoms with Crippen molar-refractivity contribution in [2.24, 2.45) is 7.05 Å². The van der Waals surface area contributed by atoms with E-state index in [0.29, 0.717) is 10.7 Å². The second-order valence-electron chi connectivity index (χ2n) is 3.35. The first-order valence-electron chi connectivity index (χ1n) is 5.35. The molecule has 0 aliphatic carbocycles. The molecule has 2 aromatic rings. The fourth-order valence-corrected chi connectivity index (χ4v) is 1.84. The molecule has 0 unspecified atom stereocenters. The van der Waals surface area contributed by atoms with Gasteiger partial charge in [0.25, 0.3) is 0 Å². The molecular weight excluding hydrogens is 222 g/mol. The number of ketones is 1. The Kier molecular flexibility index (Phi) is 4.13. The van der Waals surface area contributed by atoms with E-state index in [-0.39, 0.29) is 5.78 Å². The van der Waals surface area contributed by atoms with Crippen molar-refractivity contribution in [2.45, 2.75) is 20.8 Å². The van der Waals surface area contributed by atoms with E-state index in [1.807, 2.05) is 49.7 Å². The van der Waals surface area contributed by atoms with E-state index in [1.54, 1.807) is 6.92 Å². The summed E-state index contributed by atoms with van der Waals surface area (Å²) in [5.74, 6) is 0.0693. The lowest BCUT2D eigenvalue weighted by Gasteiger charge is -1.99. The van der Waals surface area contributed by atoms with Crippen LogP contribution >= 0.6 is 11.6 Å². The molecule has 0 N–H and O–H groups in total. The van der Waals surface area contributed by atoms with Crippen LogP contribution < -0.4 is 0 Å². The Morgan fingerprint density at radius 1 is 1.25 bits per heavy atom. The van der Waals surface area contributed by atoms with E-state index in [2.05, 4.69) is 0 Å². The van der Waals surface area contributed by atoms with Crippen LogP contribution in [-0.4, -0.2) is 10.4 Å². The van der Waals surface area contributed by atoms with Crippen molar-refractivity contribution >= 4 is 28.3 Å². The van der Waals surface area contributed by atoms with Gasteiger partial charge in [-0.1, -0.05) is 25.4 Å². The molecule has 0 bridgehead atoms. The number of Topliss-reactive ketones (excluding diaryl/α,β-unsaturated/α-hetero) is 1. The zero-order chi connectivity index (χ0) is 12.3. The highest BCUT2D eigenvalue weighted by atomic mass is 35.5. The Balaban J connectivity index is 0.000000606. The predicted octanol–water partition coefficient (Wildman–Crippen LogP) is 4.06. The third kappa shape index (κ3) is 2.27. The first kappa shape index (κ1) is 12.8. The van der Waals surface area contributed by atoms with Gasteiger partial charge in [0.1, 0.15) is 0 Å². The Morgan fingerprint density at radius 3 is 2.44 bits per heavy atom. The van der Waals surface area contributed by atoms with E-state index in [4.69, 9.17) is 11.6 Å². The van der Waals surface area contributed by atoms with Crippen LogP contribution in [0.5, 0.6) is 0 Å². The third-order valence-corrected chi connectivity index (χ3v) is 2.60. The van der Waals surface area contributed by atoms with Crippen LogP contribution in [0.4, 0.5) is 0 Å². The number of hydrogen-bond acceptors (Lipinski definition) is 1. The fourth-order valence-electron chi connectivity index (χ4n) is 1.66. The first-order valence-corrected chi connectivity index (χ1v) is 5.73. The van der Waals surface area contributed by atoms with Crippen molar-refractivity contribution in [3.05, 3.63) is 35.0 Å². The molecular formula is C13H16ClNO. The number of fused-ring (bicyclic) bond motifs is 1. The Hall–Kier alpha value is -1.28. The number of halogens is 1. The van der Waals surface area contributed by atoms with Crippen LogP contribution in [-0.2, 0) is 7.05 Å². The van der Waals surface area contributed by atoms with E-state index in [0.717, 1.165) is 10.9 Å². The Morgan fingerprint density at radius 2 is 1.88 bits per heavy atom. The van der Waals surface area contributed by atoms with E-state index < -0.39 is 0 Å². The molecule has 0 saturated carbocycles. The molecule has 2 rings (SSSR count). The summed E-state index contributed by atoms with van der Waals surface area (Å²) in [6.07, 6.45) is 0. The Bertz CT molecular complexity index is 514. The normalized spacial score (nSPS) is 9.81. The van der Waals surface area contributed by atoms with Gasteiger partial charge in [-0.15, -0.1) is 0 Å². The van der Waals surface area contributed by atoms with Gasteiger partial charge in [0.15, 0.2) is 5.78 Å². The average molecular weight is 238 g/mol. The van der Waals surface area contributed by atoms with Gasteiger partial charge in [0, 0.05) is 29.9 Å². The largest absolute Gasteiger partial charge is 0.341 e. The highest BCUT2D eigenvalue weighted by Crippen LogP contribution is 2.22. The van der Waals surface area contributed by atoms with Crippen molar-refractivity contribution in [1.29, 1.82) is 0 Å². The number of carbonyl (C=O) groups is 1. The van der Waals surface area contributed by atoms with Crippen molar-refractivity contribution in [2.75, 3.05) is 0 Å². The Labute approximate surface area is 101 Å². The molecule has 0 spiro atoms. The molecule has 0 fully saturated rings. The molecule has 0 aliphatic heterocycles. The number of aryl methyl sites for hydroxylation is 1. The summed E-state index contributed by atoms with van der Waals surface area (Å²) >= 11 is 5.87. The lowest BCUT2D eigenvalue weighted by Crippen LogP contribution is -2.00. The van der Waals surface area contributed by atoms with Crippen molar-refractivity contribution in [1.82, 2.24) is 4.57 Å². The molecule has 0 radical (unpaired) electrons. The number of rotatable bonds is 1. The zero-order valence-corrected chi connectivity index (χ0v) is 10.8. The van der Waals surface area contributed by atoms with Gasteiger partial charge < -0.3 is 4.57 Å². The molecule has 0 atom stereocenters. The summed E-state index contributed by atoms with van der Waals surface area (Å²) in [7, 11) is 1.88. The van der Waals surface area contributed by atoms with Crippen LogP contribution in [0.3, 0.4) is 0 Å². The minimum atomic E-state index is 0.0693. The minimum Gasteiger partial charge on any atom is -0.341 e. The van der Waals surface area contributed by atoms with Crippen molar-refractivity contribution < 1.29 is 4.79 Å². The fraction of sp³-hybridized carbons (Fsp3) is 0.308. The van der Waals surface area contributed by atoms with Crippen LogP contribution in [0.15, 0.2) is 24.3 Å². The van der Waals surface area contributed by atoms with Gasteiger partial charge in [-0.25, -0.2) is 0 Å². The van der Waals surface area contributed by atoms with Crippen LogP contribution in [0.25, 0.3) is 10.9 Å². The highest BCUT2D eigenvalue weighted by Gasteiger charge is 2.08. The predicted molar refractivity (Wildman–Crippen MR) is 69.3 cm³/mol. The number of hydrogen-bond donors (Lipinski definition) is 0. The number of nitrogens with zero attached hydrogens (tertiary/aromatic N) is 1. The molecule has 1 aromatic heterocycles. The molecule has 16 heavy (non-hydrogen) atoms. The van der Waals surface area contributed by atoms with Crippen molar-refractivity contribution in [3.8, 4) is 0 Å². The van der Waals surface area contributed by atoms with Gasteiger partial charge in [0.2, 0.25) is 0 Å². The molecule has 3 heteroatoms. The molecule has 1 heterocycles. The van der Waals surface area contributed by atoms with Gasteiger partial charge in [-0.05, 0) is 24.3 Å². The summed E-state index contributed by atoms with van der Waals surface area (Å²) < 4.78 is 1.88. The van der Waals surface area contributed by atoms with Gasteiger partial charge in [-0.3, -0.25) is 4.79 Å². The van der Waals surface area contributed by atoms with E-state index in [1.165, 1.54) is 0 Å². The maximum absolute atomic E-state index is 11.3. The maximum Gasteiger partial charge on any atom is 0.176 e. The molecule has 2 nitrogen and oxygen atoms in total. The SMILES string of the molecule is CC.CC(=O)c1cc2cc(Cl)ccc2n1C. The highest BCUT2D eigenvalue weighted by molar-refractivity contribution is 6.31. The van der Waals surface area contributed by atoms with E-state index in [9.17, 15) is 4.79 Å². The van der Waals surface area contributed by atoms with Crippen LogP contribution in [0, 0.1) is 0 Å². The van der Waals surface area contributed by atoms with Gasteiger partial charge >= 0.3 is 0 Å². The third-order valence-electron chi connectivity index (χ3n) is 2.37. The smallest absolute Gasteiger partial charge is 0.176 e. The summed E-state index contributed by atoms with van der Waals surface area (Å²) in [4.78, 5) is 11.3. The molecule has 0 amide bonds. The summed E-state index contributed by atoms with van der Waals surface area (Å²) in [6, 6.07) is 7.48. The molecule has 0 saturated heterocycles. The maximum atomic E-state index is 11.3. The average Bonchev–Trinajstić information content (AvgIpc) is 2.58. The van der Waals surface area contributed by atoms with Crippen molar-refractivity contribution in [3.63, 3.8) is 0 Å². The molecule has 1 aromatic carbocycles. The first-order chi connectivity index (χ1) is 7.59. The van der Waals surface area contributed by atoms with Gasteiger partial charge in [0.05, 0.1) is 5.69 Å². The number of aromatic nitrogens is 1. The lowest BCUT2D eigenvalue weighted by molar-refractivity contribution is 0.101. The summed E-state index contributed by atoms with van der Waals surface area (Å²) in [5.41, 5.74) is 1.74. The summed E-state index contributed by atoms with van der Waals surface area (Å²) in [6.45, 7) is 5.57. The second-order valence-corrected chi connectivity index (χ2v) is 3.78. The number of benzene rings is 1.